The van der Waals surface area contributed by atoms with Gasteiger partial charge in [-0.3, -0.25) is 0 Å². The van der Waals surface area contributed by atoms with E-state index in [4.69, 9.17) is 5.11 Å². The van der Waals surface area contributed by atoms with Crippen molar-refractivity contribution in [3.05, 3.63) is 12.1 Å². The van der Waals surface area contributed by atoms with Crippen LogP contribution in [0.4, 0.5) is 14.6 Å². The molecule has 0 bridgehead atoms. The number of fused-ring (bicyclic) bond motifs is 1. The van der Waals surface area contributed by atoms with Gasteiger partial charge in [-0.2, -0.15) is 0 Å². The summed E-state index contributed by atoms with van der Waals surface area (Å²) in [7, 11) is 0. The van der Waals surface area contributed by atoms with E-state index in [-0.39, 0.29) is 6.54 Å². The van der Waals surface area contributed by atoms with Gasteiger partial charge in [0.05, 0.1) is 0 Å². The molecule has 1 atom stereocenters. The molecular weight excluding hydrogens is 222 g/mol. The van der Waals surface area contributed by atoms with Crippen LogP contribution >= 0.6 is 0 Å². The van der Waals surface area contributed by atoms with Crippen LogP contribution in [0.1, 0.15) is 0 Å². The van der Waals surface area contributed by atoms with Crippen LogP contribution in [0.5, 0.6) is 0 Å². The molecule has 0 saturated carbocycles. The van der Waals surface area contributed by atoms with Gasteiger partial charge >= 0.3 is 0 Å². The van der Waals surface area contributed by atoms with Gasteiger partial charge in [-0.15, -0.1) is 14.8 Å². The average Bonchev–Trinajstić information content (AvgIpc) is 2.72. The molecule has 1 unspecified atom stereocenters. The molecule has 0 radical (unpaired) electrons. The topological polar surface area (TPSA) is 88.2 Å². The number of aliphatic hydroxyl groups is 1. The van der Waals surface area contributed by atoms with Crippen molar-refractivity contribution in [2.75, 3.05) is 11.9 Å². The molecule has 0 aliphatic carbocycles. The van der Waals surface area contributed by atoms with Crippen LogP contribution < -0.4 is 5.32 Å². The zero-order valence-corrected chi connectivity index (χ0v) is 7.96. The second-order valence-corrected chi connectivity index (χ2v) is 3.03. The Bertz CT molecular complexity index is 475. The fourth-order valence-corrected chi connectivity index (χ4v) is 1.04. The van der Waals surface area contributed by atoms with Crippen LogP contribution in [-0.2, 0) is 0 Å². The second kappa shape index (κ2) is 4.31. The molecule has 0 amide bonds. The number of hydrogen-bond donors (Lipinski definition) is 2. The predicted octanol–water partition coefficient (Wildman–Crippen LogP) is -0.443. The third-order valence-electron chi connectivity index (χ3n) is 1.85. The fourth-order valence-electron chi connectivity index (χ4n) is 1.04. The predicted molar refractivity (Wildman–Crippen MR) is 49.1 cm³/mol. The van der Waals surface area contributed by atoms with Gasteiger partial charge in [0.1, 0.15) is 11.9 Å². The molecule has 0 fully saturated rings. The van der Waals surface area contributed by atoms with E-state index < -0.39 is 12.5 Å². The lowest BCUT2D eigenvalue weighted by Crippen LogP contribution is -2.27. The maximum absolute atomic E-state index is 12.0. The van der Waals surface area contributed by atoms with Crippen molar-refractivity contribution in [3.8, 4) is 0 Å². The van der Waals surface area contributed by atoms with Gasteiger partial charge in [-0.25, -0.2) is 8.78 Å². The molecule has 0 aromatic carbocycles. The Morgan fingerprint density at radius 1 is 1.44 bits per heavy atom. The van der Waals surface area contributed by atoms with Crippen LogP contribution in [0, 0.1) is 0 Å². The van der Waals surface area contributed by atoms with Crippen LogP contribution in [0.2, 0.25) is 0 Å². The van der Waals surface area contributed by atoms with E-state index >= 15 is 0 Å². The normalized spacial score (nSPS) is 13.2. The minimum absolute atomic E-state index is 0.293. The van der Waals surface area contributed by atoms with E-state index in [1.54, 1.807) is 6.07 Å². The van der Waals surface area contributed by atoms with Gasteiger partial charge in [0.2, 0.25) is 0 Å². The molecule has 9 heteroatoms. The number of hydrogen-bond acceptors (Lipinski definition) is 6. The highest BCUT2D eigenvalue weighted by molar-refractivity contribution is 5.42. The molecule has 2 heterocycles. The standard InChI is InChI=1S/C7H8F2N6O/c8-7(9)4(16)3-10-5-1-2-6-11-13-14-15(6)12-5/h1-2,4,7,16H,3H2,(H,10,12). The molecule has 7 nitrogen and oxygen atoms in total. The molecule has 2 aromatic heterocycles. The Hall–Kier alpha value is -1.90. The maximum Gasteiger partial charge on any atom is 0.265 e. The lowest BCUT2D eigenvalue weighted by Gasteiger charge is -2.10. The van der Waals surface area contributed by atoms with E-state index in [9.17, 15) is 8.78 Å². The number of nitrogens with zero attached hydrogens (tertiary/aromatic N) is 5. The zero-order valence-electron chi connectivity index (χ0n) is 7.96. The van der Waals surface area contributed by atoms with Crippen molar-refractivity contribution in [1.29, 1.82) is 0 Å². The zero-order chi connectivity index (χ0) is 11.5. The molecule has 0 saturated heterocycles. The maximum atomic E-state index is 12.0. The summed E-state index contributed by atoms with van der Waals surface area (Å²) in [5.41, 5.74) is 0.444. The lowest BCUT2D eigenvalue weighted by molar-refractivity contribution is 0.00379. The van der Waals surface area contributed by atoms with Gasteiger partial charge in [0.25, 0.3) is 6.43 Å². The second-order valence-electron chi connectivity index (χ2n) is 3.03. The highest BCUT2D eigenvalue weighted by Crippen LogP contribution is 2.05. The van der Waals surface area contributed by atoms with E-state index in [1.165, 1.54) is 6.07 Å². The van der Waals surface area contributed by atoms with Crippen molar-refractivity contribution in [1.82, 2.24) is 25.3 Å². The van der Waals surface area contributed by atoms with Gasteiger partial charge < -0.3 is 10.4 Å². The Morgan fingerprint density at radius 3 is 3.00 bits per heavy atom. The van der Waals surface area contributed by atoms with Crippen LogP contribution in [0.15, 0.2) is 12.1 Å². The first-order valence-corrected chi connectivity index (χ1v) is 4.42. The minimum atomic E-state index is -2.79. The number of aliphatic hydroxyl groups excluding tert-OH is 1. The quantitative estimate of drug-likeness (QED) is 0.740. The Balaban J connectivity index is 2.04. The molecule has 0 aliphatic rings. The van der Waals surface area contributed by atoms with Crippen molar-refractivity contribution in [2.24, 2.45) is 0 Å². The first-order chi connectivity index (χ1) is 7.66. The van der Waals surface area contributed by atoms with Crippen molar-refractivity contribution in [2.45, 2.75) is 12.5 Å². The molecule has 86 valence electrons. The first-order valence-electron chi connectivity index (χ1n) is 4.42. The number of alkyl halides is 2. The highest BCUT2D eigenvalue weighted by atomic mass is 19.3. The molecule has 2 N–H and O–H groups in total. The van der Waals surface area contributed by atoms with Crippen LogP contribution in [0.3, 0.4) is 0 Å². The molecule has 2 rings (SSSR count). The summed E-state index contributed by atoms with van der Waals surface area (Å²) in [6.07, 6.45) is -4.52. The summed E-state index contributed by atoms with van der Waals surface area (Å²) < 4.78 is 25.1. The van der Waals surface area contributed by atoms with Gasteiger partial charge in [-0.05, 0) is 22.6 Å². The van der Waals surface area contributed by atoms with Gasteiger partial charge in [0.15, 0.2) is 5.65 Å². The smallest absolute Gasteiger partial charge is 0.265 e. The molecule has 16 heavy (non-hydrogen) atoms. The fraction of sp³-hybridized carbons (Fsp3) is 0.429. The number of nitrogens with one attached hydrogen (secondary N) is 1. The Morgan fingerprint density at radius 2 is 2.25 bits per heavy atom. The molecule has 0 spiro atoms. The summed E-state index contributed by atoms with van der Waals surface area (Å²) in [6.45, 7) is -0.293. The minimum Gasteiger partial charge on any atom is -0.385 e. The third-order valence-corrected chi connectivity index (χ3v) is 1.85. The summed E-state index contributed by atoms with van der Waals surface area (Å²) >= 11 is 0. The number of anilines is 1. The number of halogens is 2. The van der Waals surface area contributed by atoms with Crippen molar-refractivity contribution < 1.29 is 13.9 Å². The van der Waals surface area contributed by atoms with Gasteiger partial charge in [0, 0.05) is 6.54 Å². The highest BCUT2D eigenvalue weighted by Gasteiger charge is 2.16. The molecular formula is C7H8F2N6O. The van der Waals surface area contributed by atoms with Gasteiger partial charge in [-0.1, -0.05) is 0 Å². The number of tetrazole rings is 1. The average molecular weight is 230 g/mol. The Labute approximate surface area is 88.1 Å². The molecule has 2 aromatic rings. The summed E-state index contributed by atoms with van der Waals surface area (Å²) in [5, 5.41) is 25.8. The van der Waals surface area contributed by atoms with Crippen LogP contribution in [-0.4, -0.2) is 49.4 Å². The lowest BCUT2D eigenvalue weighted by atomic mass is 10.3. The van der Waals surface area contributed by atoms with E-state index in [0.717, 1.165) is 4.63 Å². The number of rotatable bonds is 4. The monoisotopic (exact) mass is 230 g/mol. The van der Waals surface area contributed by atoms with Crippen molar-refractivity contribution in [3.63, 3.8) is 0 Å². The largest absolute Gasteiger partial charge is 0.385 e. The first kappa shape index (κ1) is 10.6. The SMILES string of the molecule is OC(CNc1ccc2nnnn2n1)C(F)F. The summed E-state index contributed by atoms with van der Waals surface area (Å²) in [6, 6.07) is 3.11. The third kappa shape index (κ3) is 2.19. The summed E-state index contributed by atoms with van der Waals surface area (Å²) in [5.74, 6) is 0.305. The molecule has 0 aliphatic heterocycles. The number of aromatic nitrogens is 5. The Kier molecular flexibility index (Phi) is 2.86. The van der Waals surface area contributed by atoms with Crippen molar-refractivity contribution >= 4 is 11.5 Å². The van der Waals surface area contributed by atoms with E-state index in [1.807, 2.05) is 0 Å². The van der Waals surface area contributed by atoms with E-state index in [0.29, 0.717) is 11.5 Å². The van der Waals surface area contributed by atoms with E-state index in [2.05, 4.69) is 25.9 Å². The van der Waals surface area contributed by atoms with Crippen LogP contribution in [0.25, 0.3) is 5.65 Å². The summed E-state index contributed by atoms with van der Waals surface area (Å²) in [4.78, 5) is 0.